The zero-order chi connectivity index (χ0) is 35.2. The third-order valence-corrected chi connectivity index (χ3v) is 8.46. The van der Waals surface area contributed by atoms with Crippen LogP contribution in [-0.2, 0) is 4.74 Å². The van der Waals surface area contributed by atoms with E-state index in [1.807, 2.05) is 73.3 Å². The predicted octanol–water partition coefficient (Wildman–Crippen LogP) is 6.98. The number of anilines is 1. The van der Waals surface area contributed by atoms with Crippen LogP contribution in [0, 0.1) is 17.1 Å². The van der Waals surface area contributed by atoms with Gasteiger partial charge in [0.05, 0.1) is 33.2 Å². The van der Waals surface area contributed by atoms with Crippen LogP contribution >= 0.6 is 11.6 Å². The van der Waals surface area contributed by atoms with Gasteiger partial charge in [0, 0.05) is 30.7 Å². The van der Waals surface area contributed by atoms with E-state index in [0.29, 0.717) is 41.4 Å². The molecule has 48 heavy (non-hydrogen) atoms. The lowest BCUT2D eigenvalue weighted by Crippen LogP contribution is -2.59. The van der Waals surface area contributed by atoms with Gasteiger partial charge in [-0.3, -0.25) is 0 Å². The molecule has 5 rings (SSSR count). The zero-order valence-corrected chi connectivity index (χ0v) is 29.4. The molecule has 3 aromatic heterocycles. The molecule has 252 valence electrons. The summed E-state index contributed by atoms with van der Waals surface area (Å²) in [4.78, 5) is 49.7. The number of carbonyl (C=O) groups is 1. The van der Waals surface area contributed by atoms with Gasteiger partial charge in [-0.2, -0.15) is 10.2 Å². The number of aromatic nitrogens is 5. The van der Waals surface area contributed by atoms with Crippen molar-refractivity contribution >= 4 is 34.5 Å². The molecule has 1 aromatic carbocycles. The highest BCUT2D eigenvalue weighted by Crippen LogP contribution is 2.37. The number of carbonyl (C=O) groups excluding carboxylic acids is 1. The van der Waals surface area contributed by atoms with Gasteiger partial charge in [0.2, 0.25) is 5.82 Å². The minimum atomic E-state index is -0.656. The second-order valence-corrected chi connectivity index (χ2v) is 14.2. The smallest absolute Gasteiger partial charge is 0.410 e. The van der Waals surface area contributed by atoms with Gasteiger partial charge in [-0.25, -0.2) is 33.5 Å². The third kappa shape index (κ3) is 6.56. The van der Waals surface area contributed by atoms with Crippen molar-refractivity contribution in [2.75, 3.05) is 18.0 Å². The van der Waals surface area contributed by atoms with E-state index in [9.17, 15) is 14.9 Å². The Morgan fingerprint density at radius 3 is 2.21 bits per heavy atom. The highest BCUT2D eigenvalue weighted by molar-refractivity contribution is 6.33. The number of rotatable bonds is 5. The van der Waals surface area contributed by atoms with Crippen LogP contribution in [0.3, 0.4) is 0 Å². The van der Waals surface area contributed by atoms with E-state index in [-0.39, 0.29) is 51.7 Å². The van der Waals surface area contributed by atoms with Crippen molar-refractivity contribution in [3.8, 4) is 23.0 Å². The largest absolute Gasteiger partial charge is 0.444 e. The summed E-state index contributed by atoms with van der Waals surface area (Å²) in [6.45, 7) is 17.6. The van der Waals surface area contributed by atoms with Gasteiger partial charge in [-0.15, -0.1) is 0 Å². The van der Waals surface area contributed by atoms with Crippen LogP contribution < -0.4 is 10.6 Å². The average Bonchev–Trinajstić information content (AvgIpc) is 3.00. The van der Waals surface area contributed by atoms with Gasteiger partial charge in [-0.1, -0.05) is 51.4 Å². The molecule has 1 aliphatic rings. The Morgan fingerprint density at radius 2 is 1.65 bits per heavy atom. The quantitative estimate of drug-likeness (QED) is 0.220. The van der Waals surface area contributed by atoms with Gasteiger partial charge >= 0.3 is 11.8 Å². The zero-order valence-electron chi connectivity index (χ0n) is 28.7. The molecular weight excluding hydrogens is 635 g/mol. The maximum atomic E-state index is 15.2. The van der Waals surface area contributed by atoms with Crippen LogP contribution in [0.15, 0.2) is 35.1 Å². The molecule has 1 amide bonds. The Hall–Kier alpha value is -4.63. The SMILES string of the molecule is CC(C)c1nc(C#N)nc(C(C)C)c1-n1c(=O)nc(N2C[C@@H](C)N(C(=O)OC(C)(C)C)C[C@@H]2C)c2cc(Cl)c(-c3ccccc3F)nc21. The van der Waals surface area contributed by atoms with Crippen LogP contribution in [-0.4, -0.2) is 66.3 Å². The molecule has 4 heterocycles. The van der Waals surface area contributed by atoms with E-state index in [2.05, 4.69) is 15.0 Å². The van der Waals surface area contributed by atoms with Gasteiger partial charge in [-0.05, 0) is 64.7 Å². The summed E-state index contributed by atoms with van der Waals surface area (Å²) in [5.74, 6) is -0.635. The number of amides is 1. The fourth-order valence-electron chi connectivity index (χ4n) is 5.94. The number of piperazine rings is 1. The van der Waals surface area contributed by atoms with Gasteiger partial charge in [0.15, 0.2) is 5.65 Å². The first-order chi connectivity index (χ1) is 22.5. The third-order valence-electron chi connectivity index (χ3n) is 8.17. The molecule has 1 fully saturated rings. The molecule has 0 radical (unpaired) electrons. The topological polar surface area (TPSA) is 130 Å². The van der Waals surface area contributed by atoms with E-state index in [1.54, 1.807) is 29.2 Å². The summed E-state index contributed by atoms with van der Waals surface area (Å²) in [5.41, 5.74) is 0.502. The highest BCUT2D eigenvalue weighted by Gasteiger charge is 2.37. The number of ether oxygens (including phenoxy) is 1. The molecule has 0 unspecified atom stereocenters. The molecule has 0 saturated carbocycles. The molecule has 4 aromatic rings. The normalized spacial score (nSPS) is 16.9. The maximum absolute atomic E-state index is 15.2. The second-order valence-electron chi connectivity index (χ2n) is 13.8. The van der Waals surface area contributed by atoms with E-state index >= 15 is 4.39 Å². The molecule has 2 atom stereocenters. The molecule has 1 saturated heterocycles. The fourth-order valence-corrected chi connectivity index (χ4v) is 6.19. The number of hydrogen-bond acceptors (Lipinski definition) is 9. The first kappa shape index (κ1) is 34.7. The minimum Gasteiger partial charge on any atom is -0.444 e. The van der Waals surface area contributed by atoms with Crippen molar-refractivity contribution in [2.24, 2.45) is 0 Å². The van der Waals surface area contributed by atoms with Crippen molar-refractivity contribution in [3.05, 3.63) is 68.9 Å². The number of fused-ring (bicyclic) bond motifs is 1. The summed E-state index contributed by atoms with van der Waals surface area (Å²) < 4.78 is 22.2. The van der Waals surface area contributed by atoms with E-state index in [4.69, 9.17) is 21.3 Å². The molecule has 1 aliphatic heterocycles. The highest BCUT2D eigenvalue weighted by atomic mass is 35.5. The Morgan fingerprint density at radius 1 is 1.02 bits per heavy atom. The van der Waals surface area contributed by atoms with Crippen molar-refractivity contribution in [1.29, 1.82) is 5.26 Å². The summed E-state index contributed by atoms with van der Waals surface area (Å²) >= 11 is 6.86. The molecular formula is C35H40ClFN8O3. The molecule has 0 spiro atoms. The summed E-state index contributed by atoms with van der Waals surface area (Å²) in [6, 6.07) is 9.26. The fraction of sp³-hybridized carbons (Fsp3) is 0.457. The van der Waals surface area contributed by atoms with Gasteiger partial charge in [0.1, 0.15) is 23.3 Å². The van der Waals surface area contributed by atoms with E-state index < -0.39 is 23.2 Å². The first-order valence-corrected chi connectivity index (χ1v) is 16.4. The standard InChI is InChI=1S/C35H40ClFN8O3/c1-18(2)27-30(28(19(3)4)40-26(15-38)39-27)45-32-23(14-24(36)29(41-32)22-12-10-11-13-25(22)37)31(42-33(45)46)43-16-21(6)44(17-20(43)5)34(47)48-35(7,8)9/h10-14,18-21H,16-17H2,1-9H3/t20-,21+/m0/s1. The maximum Gasteiger partial charge on any atom is 0.410 e. The number of hydrogen-bond donors (Lipinski definition) is 0. The minimum absolute atomic E-state index is 0.0122. The molecule has 0 aliphatic carbocycles. The van der Waals surface area contributed by atoms with Crippen molar-refractivity contribution in [3.63, 3.8) is 0 Å². The lowest BCUT2D eigenvalue weighted by atomic mass is 10.0. The van der Waals surface area contributed by atoms with Crippen LogP contribution in [0.5, 0.6) is 0 Å². The Bertz CT molecular complexity index is 1970. The lowest BCUT2D eigenvalue weighted by Gasteiger charge is -2.44. The number of nitriles is 1. The predicted molar refractivity (Wildman–Crippen MR) is 183 cm³/mol. The van der Waals surface area contributed by atoms with E-state index in [0.717, 1.165) is 0 Å². The van der Waals surface area contributed by atoms with E-state index in [1.165, 1.54) is 10.6 Å². The Balaban J connectivity index is 1.81. The molecule has 0 bridgehead atoms. The van der Waals surface area contributed by atoms with Gasteiger partial charge < -0.3 is 14.5 Å². The molecule has 13 heteroatoms. The average molecular weight is 675 g/mol. The van der Waals surface area contributed by atoms with Crippen molar-refractivity contribution in [2.45, 2.75) is 91.8 Å². The number of pyridine rings is 1. The summed E-state index contributed by atoms with van der Waals surface area (Å²) in [7, 11) is 0. The van der Waals surface area contributed by atoms with Crippen molar-refractivity contribution < 1.29 is 13.9 Å². The Kier molecular flexibility index (Phi) is 9.48. The monoisotopic (exact) mass is 674 g/mol. The summed E-state index contributed by atoms with van der Waals surface area (Å²) in [5, 5.41) is 10.3. The Labute approximate surface area is 284 Å². The lowest BCUT2D eigenvalue weighted by molar-refractivity contribution is 0.0130. The van der Waals surface area contributed by atoms with Crippen molar-refractivity contribution in [1.82, 2.24) is 29.4 Å². The number of halogens is 2. The number of benzene rings is 1. The summed E-state index contributed by atoms with van der Waals surface area (Å²) in [6.07, 6.45) is -0.419. The first-order valence-electron chi connectivity index (χ1n) is 16.0. The molecule has 0 N–H and O–H groups in total. The van der Waals surface area contributed by atoms with Crippen LogP contribution in [0.4, 0.5) is 15.0 Å². The molecule has 11 nitrogen and oxygen atoms in total. The van der Waals surface area contributed by atoms with Gasteiger partial charge in [0.25, 0.3) is 0 Å². The van der Waals surface area contributed by atoms with Crippen LogP contribution in [0.1, 0.15) is 91.4 Å². The second kappa shape index (κ2) is 13.1. The van der Waals surface area contributed by atoms with Crippen LogP contribution in [0.25, 0.3) is 28.0 Å². The van der Waals surface area contributed by atoms with Crippen LogP contribution in [0.2, 0.25) is 5.02 Å². The number of nitrogens with zero attached hydrogens (tertiary/aromatic N) is 8.